The van der Waals surface area contributed by atoms with E-state index in [1.54, 1.807) is 7.11 Å². The van der Waals surface area contributed by atoms with Crippen molar-refractivity contribution in [1.29, 1.82) is 0 Å². The molecule has 0 aliphatic carbocycles. The summed E-state index contributed by atoms with van der Waals surface area (Å²) in [5, 5.41) is 2.91. The van der Waals surface area contributed by atoms with Crippen molar-refractivity contribution in [2.24, 2.45) is 0 Å². The number of amides is 1. The molecule has 2 aromatic heterocycles. The minimum absolute atomic E-state index is 0.145. The smallest absolute Gasteiger partial charge is 0.251 e. The van der Waals surface area contributed by atoms with Crippen molar-refractivity contribution < 1.29 is 9.53 Å². The lowest BCUT2D eigenvalue weighted by Crippen LogP contribution is -2.23. The van der Waals surface area contributed by atoms with Gasteiger partial charge in [-0.15, -0.1) is 0 Å². The van der Waals surface area contributed by atoms with Gasteiger partial charge in [-0.1, -0.05) is 0 Å². The lowest BCUT2D eigenvalue weighted by atomic mass is 10.1. The van der Waals surface area contributed by atoms with Crippen LogP contribution in [0.4, 0.5) is 0 Å². The monoisotopic (exact) mass is 384 g/mol. The molecule has 2 aromatic carbocycles. The van der Waals surface area contributed by atoms with Gasteiger partial charge >= 0.3 is 0 Å². The first-order valence-electron chi connectivity index (χ1n) is 9.20. The number of aromatic nitrogens is 3. The third kappa shape index (κ3) is 4.32. The van der Waals surface area contributed by atoms with E-state index in [4.69, 9.17) is 4.74 Å². The number of carbonyl (C=O) groups is 1. The van der Waals surface area contributed by atoms with E-state index in [0.717, 1.165) is 28.4 Å². The number of nitrogens with zero attached hydrogens (tertiary/aromatic N) is 3. The predicted molar refractivity (Wildman–Crippen MR) is 111 cm³/mol. The van der Waals surface area contributed by atoms with E-state index in [-0.39, 0.29) is 5.91 Å². The molecule has 1 amide bonds. The zero-order valence-corrected chi connectivity index (χ0v) is 15.9. The second kappa shape index (κ2) is 8.39. The molecular formula is C23H20N4O2. The van der Waals surface area contributed by atoms with Gasteiger partial charge in [-0.05, 0) is 66.7 Å². The Balaban J connectivity index is 1.41. The molecule has 0 unspecified atom stereocenters. The second-order valence-electron chi connectivity index (χ2n) is 6.44. The summed E-state index contributed by atoms with van der Waals surface area (Å²) in [5.41, 5.74) is 4.10. The summed E-state index contributed by atoms with van der Waals surface area (Å²) in [6.07, 6.45) is 5.43. The molecule has 1 N–H and O–H groups in total. The molecule has 6 heteroatoms. The van der Waals surface area contributed by atoms with Crippen molar-refractivity contribution in [1.82, 2.24) is 19.9 Å². The van der Waals surface area contributed by atoms with Crippen LogP contribution in [0.25, 0.3) is 16.9 Å². The van der Waals surface area contributed by atoms with Gasteiger partial charge in [0.1, 0.15) is 12.1 Å². The van der Waals surface area contributed by atoms with Crippen LogP contribution in [0.3, 0.4) is 0 Å². The molecule has 0 bridgehead atoms. The van der Waals surface area contributed by atoms with Crippen molar-refractivity contribution in [3.05, 3.63) is 96.7 Å². The highest BCUT2D eigenvalue weighted by Gasteiger charge is 2.08. The molecule has 29 heavy (non-hydrogen) atoms. The number of nitrogens with one attached hydrogen (secondary N) is 1. The van der Waals surface area contributed by atoms with Gasteiger partial charge in [-0.2, -0.15) is 0 Å². The normalized spacial score (nSPS) is 10.5. The minimum atomic E-state index is -0.145. The molecular weight excluding hydrogens is 364 g/mol. The average Bonchev–Trinajstić information content (AvgIpc) is 3.33. The van der Waals surface area contributed by atoms with Gasteiger partial charge in [0.25, 0.3) is 5.91 Å². The second-order valence-corrected chi connectivity index (χ2v) is 6.44. The van der Waals surface area contributed by atoms with E-state index < -0.39 is 0 Å². The van der Waals surface area contributed by atoms with Crippen molar-refractivity contribution in [3.8, 4) is 22.7 Å². The number of methoxy groups -OCH3 is 1. The summed E-state index contributed by atoms with van der Waals surface area (Å²) in [4.78, 5) is 21.0. The summed E-state index contributed by atoms with van der Waals surface area (Å²) in [7, 11) is 1.63. The lowest BCUT2D eigenvalue weighted by Gasteiger charge is -2.08. The Bertz CT molecular complexity index is 1090. The van der Waals surface area contributed by atoms with Crippen LogP contribution in [-0.4, -0.2) is 27.6 Å². The highest BCUT2D eigenvalue weighted by Crippen LogP contribution is 2.20. The fraction of sp³-hybridized carbons (Fsp3) is 0.0870. The Labute approximate surface area is 168 Å². The van der Waals surface area contributed by atoms with E-state index in [0.29, 0.717) is 12.1 Å². The number of carbonyl (C=O) groups excluding carboxylic acids is 1. The molecule has 0 fully saturated rings. The van der Waals surface area contributed by atoms with Crippen LogP contribution in [0.2, 0.25) is 0 Å². The number of hydrogen-bond acceptors (Lipinski definition) is 4. The summed E-state index contributed by atoms with van der Waals surface area (Å²) in [6, 6.07) is 20.9. The molecule has 144 valence electrons. The highest BCUT2D eigenvalue weighted by molar-refractivity contribution is 5.94. The van der Waals surface area contributed by atoms with Gasteiger partial charge in [0.05, 0.1) is 25.0 Å². The number of hydrogen-bond donors (Lipinski definition) is 1. The van der Waals surface area contributed by atoms with Crippen LogP contribution >= 0.6 is 0 Å². The van der Waals surface area contributed by atoms with Gasteiger partial charge in [0, 0.05) is 29.2 Å². The molecule has 0 radical (unpaired) electrons. The largest absolute Gasteiger partial charge is 0.497 e. The predicted octanol–water partition coefficient (Wildman–Crippen LogP) is 3.87. The van der Waals surface area contributed by atoms with E-state index in [1.807, 2.05) is 83.7 Å². The molecule has 0 saturated heterocycles. The topological polar surface area (TPSA) is 69.0 Å². The van der Waals surface area contributed by atoms with Gasteiger partial charge in [0.2, 0.25) is 0 Å². The van der Waals surface area contributed by atoms with Gasteiger partial charge in [-0.25, -0.2) is 9.97 Å². The third-order valence-electron chi connectivity index (χ3n) is 4.57. The minimum Gasteiger partial charge on any atom is -0.497 e. The summed E-state index contributed by atoms with van der Waals surface area (Å²) in [6.45, 7) is 0.323. The lowest BCUT2D eigenvalue weighted by molar-refractivity contribution is 0.0950. The molecule has 4 rings (SSSR count). The number of benzene rings is 2. The van der Waals surface area contributed by atoms with Crippen molar-refractivity contribution in [2.75, 3.05) is 7.11 Å². The summed E-state index contributed by atoms with van der Waals surface area (Å²) < 4.78 is 7.17. The zero-order chi connectivity index (χ0) is 20.1. The third-order valence-corrected chi connectivity index (χ3v) is 4.57. The molecule has 6 nitrogen and oxygen atoms in total. The number of rotatable bonds is 6. The van der Waals surface area contributed by atoms with Gasteiger partial charge in [0.15, 0.2) is 0 Å². The standard InChI is InChI=1S/C23H20N4O2/c1-29-21-10-6-17(7-11-21)22-14-19(25-16-26-22)15-24-23(28)18-4-8-20(9-5-18)27-12-2-3-13-27/h2-14,16H,15H2,1H3,(H,24,28). The maximum atomic E-state index is 12.5. The molecule has 0 spiro atoms. The van der Waals surface area contributed by atoms with Crippen LogP contribution in [0, 0.1) is 0 Å². The first-order valence-corrected chi connectivity index (χ1v) is 9.20. The Morgan fingerprint density at radius 2 is 1.72 bits per heavy atom. The fourth-order valence-electron chi connectivity index (χ4n) is 2.98. The van der Waals surface area contributed by atoms with Crippen LogP contribution in [0.5, 0.6) is 5.75 Å². The Hall–Kier alpha value is -3.93. The fourth-order valence-corrected chi connectivity index (χ4v) is 2.98. The van der Waals surface area contributed by atoms with E-state index >= 15 is 0 Å². The quantitative estimate of drug-likeness (QED) is 0.548. The van der Waals surface area contributed by atoms with Crippen molar-refractivity contribution in [3.63, 3.8) is 0 Å². The van der Waals surface area contributed by atoms with Gasteiger partial charge < -0.3 is 14.6 Å². The Morgan fingerprint density at radius 3 is 2.41 bits per heavy atom. The van der Waals surface area contributed by atoms with Crippen LogP contribution in [0.1, 0.15) is 16.1 Å². The van der Waals surface area contributed by atoms with Crippen LogP contribution in [-0.2, 0) is 6.54 Å². The maximum Gasteiger partial charge on any atom is 0.251 e. The molecule has 0 aliphatic heterocycles. The summed E-state index contributed by atoms with van der Waals surface area (Å²) in [5.74, 6) is 0.645. The first kappa shape index (κ1) is 18.4. The molecule has 2 heterocycles. The molecule has 0 atom stereocenters. The molecule has 0 aliphatic rings. The Kier molecular flexibility index (Phi) is 5.33. The van der Waals surface area contributed by atoms with E-state index in [9.17, 15) is 4.79 Å². The number of ether oxygens (including phenoxy) is 1. The summed E-state index contributed by atoms with van der Waals surface area (Å²) >= 11 is 0. The Morgan fingerprint density at radius 1 is 1.00 bits per heavy atom. The maximum absolute atomic E-state index is 12.5. The highest BCUT2D eigenvalue weighted by atomic mass is 16.5. The van der Waals surface area contributed by atoms with E-state index in [2.05, 4.69) is 15.3 Å². The zero-order valence-electron chi connectivity index (χ0n) is 15.9. The van der Waals surface area contributed by atoms with E-state index in [1.165, 1.54) is 6.33 Å². The van der Waals surface area contributed by atoms with Crippen LogP contribution in [0.15, 0.2) is 85.5 Å². The first-order chi connectivity index (χ1) is 14.2. The molecule has 4 aromatic rings. The average molecular weight is 384 g/mol. The van der Waals surface area contributed by atoms with Crippen molar-refractivity contribution >= 4 is 5.91 Å². The van der Waals surface area contributed by atoms with Gasteiger partial charge in [-0.3, -0.25) is 4.79 Å². The van der Waals surface area contributed by atoms with Crippen molar-refractivity contribution in [2.45, 2.75) is 6.54 Å². The molecule has 0 saturated carbocycles. The van der Waals surface area contributed by atoms with Crippen LogP contribution < -0.4 is 10.1 Å². The SMILES string of the molecule is COc1ccc(-c2cc(CNC(=O)c3ccc(-n4cccc4)cc3)ncn2)cc1.